The minimum atomic E-state index is -0.926. The van der Waals surface area contributed by atoms with E-state index >= 15 is 0 Å². The van der Waals surface area contributed by atoms with E-state index in [0.29, 0.717) is 12.3 Å². The summed E-state index contributed by atoms with van der Waals surface area (Å²) in [5.41, 5.74) is 0. The van der Waals surface area contributed by atoms with Crippen molar-refractivity contribution in [3.05, 3.63) is 0 Å². The molecule has 4 nitrogen and oxygen atoms in total. The van der Waals surface area contributed by atoms with Gasteiger partial charge in [0.2, 0.25) is 11.8 Å². The number of hydrogen-bond acceptors (Lipinski definition) is 3. The fourth-order valence-electron chi connectivity index (χ4n) is 1.73. The average molecular weight is 305 g/mol. The van der Waals surface area contributed by atoms with Crippen LogP contribution in [0.4, 0.5) is 0 Å². The van der Waals surface area contributed by atoms with Crippen LogP contribution < -0.4 is 10.6 Å². The normalized spacial score (nSPS) is 12.9. The standard InChI is InChI=1S/C13H28N2O2SSi/c1-11(16)15-12(10-18)13(17)14-8-6-5-7-9-19(2,3)4/h12,18H,5-10H2,1-4H3,(H,14,17)(H,15,16)/t12-/m0/s1. The molecule has 2 amide bonds. The topological polar surface area (TPSA) is 58.2 Å². The van der Waals surface area contributed by atoms with E-state index in [-0.39, 0.29) is 11.8 Å². The van der Waals surface area contributed by atoms with Gasteiger partial charge in [-0.15, -0.1) is 0 Å². The second kappa shape index (κ2) is 9.42. The quantitative estimate of drug-likeness (QED) is 0.347. The fraction of sp³-hybridized carbons (Fsp3) is 0.846. The number of carbonyl (C=O) groups excluding carboxylic acids is 2. The molecule has 6 heteroatoms. The molecule has 0 aromatic heterocycles. The zero-order valence-corrected chi connectivity index (χ0v) is 14.5. The molecule has 0 saturated carbocycles. The summed E-state index contributed by atoms with van der Waals surface area (Å²) >= 11 is 4.07. The van der Waals surface area contributed by atoms with Crippen LogP contribution in [-0.4, -0.2) is 38.2 Å². The molecular formula is C13H28N2O2SSi. The molecule has 0 aromatic carbocycles. The van der Waals surface area contributed by atoms with Gasteiger partial charge in [-0.2, -0.15) is 12.6 Å². The Labute approximate surface area is 123 Å². The van der Waals surface area contributed by atoms with Crippen LogP contribution in [0.15, 0.2) is 0 Å². The number of hydrogen-bond donors (Lipinski definition) is 3. The van der Waals surface area contributed by atoms with Crippen LogP contribution in [0.2, 0.25) is 25.7 Å². The second-order valence-corrected chi connectivity index (χ2v) is 12.1. The molecule has 19 heavy (non-hydrogen) atoms. The molecule has 0 aromatic rings. The predicted molar refractivity (Wildman–Crippen MR) is 86.5 cm³/mol. The molecule has 2 N–H and O–H groups in total. The summed E-state index contributed by atoms with van der Waals surface area (Å²) in [5, 5.41) is 5.42. The lowest BCUT2D eigenvalue weighted by Gasteiger charge is -2.16. The van der Waals surface area contributed by atoms with Crippen LogP contribution in [-0.2, 0) is 9.59 Å². The van der Waals surface area contributed by atoms with Gasteiger partial charge in [0.05, 0.1) is 0 Å². The summed E-state index contributed by atoms with van der Waals surface area (Å²) in [4.78, 5) is 22.6. The third kappa shape index (κ3) is 11.1. The number of amides is 2. The fourth-order valence-corrected chi connectivity index (χ4v) is 3.30. The van der Waals surface area contributed by atoms with Gasteiger partial charge in [-0.05, 0) is 6.42 Å². The van der Waals surface area contributed by atoms with Crippen molar-refractivity contribution in [2.75, 3.05) is 12.3 Å². The molecule has 0 aliphatic carbocycles. The highest BCUT2D eigenvalue weighted by Gasteiger charge is 2.16. The van der Waals surface area contributed by atoms with Gasteiger partial charge in [0.15, 0.2) is 0 Å². The maximum atomic E-state index is 11.7. The first kappa shape index (κ1) is 18.5. The van der Waals surface area contributed by atoms with Crippen LogP contribution in [0, 0.1) is 0 Å². The number of thiol groups is 1. The third-order valence-electron chi connectivity index (χ3n) is 2.78. The molecule has 0 heterocycles. The lowest BCUT2D eigenvalue weighted by molar-refractivity contribution is -0.127. The molecule has 0 unspecified atom stereocenters. The lowest BCUT2D eigenvalue weighted by atomic mass is 10.2. The van der Waals surface area contributed by atoms with Crippen molar-refractivity contribution in [1.82, 2.24) is 10.6 Å². The number of unbranched alkanes of at least 4 members (excludes halogenated alkanes) is 2. The van der Waals surface area contributed by atoms with E-state index in [1.807, 2.05) is 0 Å². The molecule has 112 valence electrons. The monoisotopic (exact) mass is 304 g/mol. The Morgan fingerprint density at radius 3 is 2.26 bits per heavy atom. The highest BCUT2D eigenvalue weighted by molar-refractivity contribution is 7.80. The first-order valence-corrected chi connectivity index (χ1v) is 11.3. The van der Waals surface area contributed by atoms with Gasteiger partial charge >= 0.3 is 0 Å². The SMILES string of the molecule is CC(=O)N[C@@H](CS)C(=O)NCCCCC[Si](C)(C)C. The lowest BCUT2D eigenvalue weighted by Crippen LogP contribution is -2.47. The van der Waals surface area contributed by atoms with Crippen LogP contribution in [0.3, 0.4) is 0 Å². The third-order valence-corrected chi connectivity index (χ3v) is 5.00. The maximum absolute atomic E-state index is 11.7. The number of rotatable bonds is 9. The van der Waals surface area contributed by atoms with Gasteiger partial charge < -0.3 is 10.6 Å². The van der Waals surface area contributed by atoms with Gasteiger partial charge in [0, 0.05) is 27.3 Å². The first-order chi connectivity index (χ1) is 8.76. The Kier molecular flexibility index (Phi) is 9.17. The molecular weight excluding hydrogens is 276 g/mol. The largest absolute Gasteiger partial charge is 0.354 e. The Hall–Kier alpha value is -0.493. The van der Waals surface area contributed by atoms with E-state index in [1.165, 1.54) is 19.4 Å². The Morgan fingerprint density at radius 2 is 1.79 bits per heavy atom. The smallest absolute Gasteiger partial charge is 0.243 e. The van der Waals surface area contributed by atoms with Crippen molar-refractivity contribution in [2.24, 2.45) is 0 Å². The van der Waals surface area contributed by atoms with Crippen LogP contribution in [0.5, 0.6) is 0 Å². The van der Waals surface area contributed by atoms with Gasteiger partial charge in [0.1, 0.15) is 6.04 Å². The summed E-state index contributed by atoms with van der Waals surface area (Å²) in [5.74, 6) is -0.0270. The molecule has 0 rings (SSSR count). The Bertz CT molecular complexity index is 293. The van der Waals surface area contributed by atoms with Gasteiger partial charge in [-0.1, -0.05) is 38.5 Å². The molecule has 0 aliphatic rings. The van der Waals surface area contributed by atoms with Crippen LogP contribution >= 0.6 is 12.6 Å². The number of carbonyl (C=O) groups is 2. The summed E-state index contributed by atoms with van der Waals surface area (Å²) in [7, 11) is -0.926. The second-order valence-electron chi connectivity index (χ2n) is 6.10. The van der Waals surface area contributed by atoms with Crippen molar-refractivity contribution in [3.63, 3.8) is 0 Å². The molecule has 1 atom stereocenters. The van der Waals surface area contributed by atoms with E-state index in [1.54, 1.807) is 0 Å². The zero-order valence-electron chi connectivity index (χ0n) is 12.6. The summed E-state index contributed by atoms with van der Waals surface area (Å²) in [6.45, 7) is 9.20. The Balaban J connectivity index is 3.70. The van der Waals surface area contributed by atoms with Gasteiger partial charge in [-0.3, -0.25) is 9.59 Å². The average Bonchev–Trinajstić information content (AvgIpc) is 2.28. The molecule has 0 saturated heterocycles. The van der Waals surface area contributed by atoms with E-state index < -0.39 is 14.1 Å². The van der Waals surface area contributed by atoms with E-state index in [0.717, 1.165) is 12.8 Å². The van der Waals surface area contributed by atoms with Crippen molar-refractivity contribution >= 4 is 32.5 Å². The first-order valence-electron chi connectivity index (χ1n) is 6.92. The van der Waals surface area contributed by atoms with E-state index in [9.17, 15) is 9.59 Å². The minimum Gasteiger partial charge on any atom is -0.354 e. The maximum Gasteiger partial charge on any atom is 0.243 e. The van der Waals surface area contributed by atoms with Crippen LogP contribution in [0.25, 0.3) is 0 Å². The summed E-state index contributed by atoms with van der Waals surface area (Å²) < 4.78 is 0. The van der Waals surface area contributed by atoms with Crippen molar-refractivity contribution in [1.29, 1.82) is 0 Å². The Morgan fingerprint density at radius 1 is 1.16 bits per heavy atom. The minimum absolute atomic E-state index is 0.143. The number of nitrogens with one attached hydrogen (secondary N) is 2. The molecule has 0 radical (unpaired) electrons. The van der Waals surface area contributed by atoms with E-state index in [2.05, 4.69) is 42.9 Å². The van der Waals surface area contributed by atoms with Crippen molar-refractivity contribution in [3.8, 4) is 0 Å². The molecule has 0 spiro atoms. The zero-order chi connectivity index (χ0) is 14.9. The predicted octanol–water partition coefficient (Wildman–Crippen LogP) is 2.05. The van der Waals surface area contributed by atoms with E-state index in [4.69, 9.17) is 0 Å². The van der Waals surface area contributed by atoms with Crippen molar-refractivity contribution in [2.45, 2.75) is 57.9 Å². The van der Waals surface area contributed by atoms with Crippen molar-refractivity contribution < 1.29 is 9.59 Å². The summed E-state index contributed by atoms with van der Waals surface area (Å²) in [6.07, 6.45) is 3.39. The highest BCUT2D eigenvalue weighted by Crippen LogP contribution is 2.13. The van der Waals surface area contributed by atoms with Gasteiger partial charge in [0.25, 0.3) is 0 Å². The molecule has 0 bridgehead atoms. The van der Waals surface area contributed by atoms with Gasteiger partial charge in [-0.25, -0.2) is 0 Å². The summed E-state index contributed by atoms with van der Waals surface area (Å²) in [6, 6.07) is 0.814. The molecule has 0 fully saturated rings. The molecule has 0 aliphatic heterocycles. The van der Waals surface area contributed by atoms with Crippen LogP contribution in [0.1, 0.15) is 26.2 Å². The highest BCUT2D eigenvalue weighted by atomic mass is 32.1.